The second kappa shape index (κ2) is 21.9. The van der Waals surface area contributed by atoms with Crippen LogP contribution in [0.5, 0.6) is 5.75 Å². The molecule has 1 aromatic heterocycles. The van der Waals surface area contributed by atoms with Crippen LogP contribution in [0.25, 0.3) is 11.0 Å². The summed E-state index contributed by atoms with van der Waals surface area (Å²) in [6, 6.07) is 9.66. The molecule has 0 spiro atoms. The number of benzene rings is 2. The SMILES string of the molecule is CN(C)Cc1c(OCc2ccc(Cl)c(Cl)c2)ccc2c(CCC3CCN(CC4OCCO4)CC3)noc12.O=C(O)C=CC(=O)O.O=C(O)C=CC(=O)O. The molecule has 2 fully saturated rings. The van der Waals surface area contributed by atoms with Crippen molar-refractivity contribution in [3.8, 4) is 5.75 Å². The lowest BCUT2D eigenvalue weighted by Crippen LogP contribution is -2.39. The minimum absolute atomic E-state index is 0.0488. The van der Waals surface area contributed by atoms with Crippen LogP contribution in [0.1, 0.15) is 36.1 Å². The highest BCUT2D eigenvalue weighted by molar-refractivity contribution is 6.42. The maximum Gasteiger partial charge on any atom is 0.328 e. The number of aromatic nitrogens is 1. The summed E-state index contributed by atoms with van der Waals surface area (Å²) in [5.41, 5.74) is 3.80. The molecule has 15 nitrogen and oxygen atoms in total. The first-order chi connectivity index (χ1) is 25.2. The smallest absolute Gasteiger partial charge is 0.328 e. The van der Waals surface area contributed by atoms with Gasteiger partial charge in [0, 0.05) is 42.8 Å². The lowest BCUT2D eigenvalue weighted by molar-refractivity contribution is -0.134. The van der Waals surface area contributed by atoms with Crippen molar-refractivity contribution in [3.63, 3.8) is 0 Å². The van der Waals surface area contributed by atoms with E-state index in [4.69, 9.17) is 62.4 Å². The Kier molecular flexibility index (Phi) is 17.7. The topological polar surface area (TPSA) is 209 Å². The number of likely N-dealkylation sites (tertiary alicyclic amines) is 1. The standard InChI is InChI=1S/C28H35Cl2N3O4.2C4H4O4/c1-32(2)16-22-26(36-18-20-3-6-23(29)24(30)15-20)8-5-21-25(31-37-28(21)22)7-4-19-9-11-33(12-10-19)17-27-34-13-14-35-27;2*5-3(6)1-2-4(7)8/h3,5-6,8,15,19,27H,4,7,9-14,16-18H2,1-2H3;2*1-2H,(H,5,6)(H,7,8). The van der Waals surface area contributed by atoms with Crippen LogP contribution in [0.3, 0.4) is 0 Å². The van der Waals surface area contributed by atoms with Gasteiger partial charge < -0.3 is 44.1 Å². The van der Waals surface area contributed by atoms with Gasteiger partial charge in [-0.25, -0.2) is 19.2 Å². The van der Waals surface area contributed by atoms with Crippen molar-refractivity contribution in [2.24, 2.45) is 5.92 Å². The van der Waals surface area contributed by atoms with Crippen LogP contribution in [0.15, 0.2) is 59.2 Å². The molecule has 0 radical (unpaired) electrons. The predicted octanol–water partition coefficient (Wildman–Crippen LogP) is 5.22. The lowest BCUT2D eigenvalue weighted by Gasteiger charge is -2.32. The Morgan fingerprint density at radius 1 is 0.887 bits per heavy atom. The van der Waals surface area contributed by atoms with E-state index in [9.17, 15) is 19.2 Å². The number of hydrogen-bond acceptors (Lipinski definition) is 11. The van der Waals surface area contributed by atoms with Gasteiger partial charge in [0.2, 0.25) is 0 Å². The molecule has 2 aliphatic heterocycles. The van der Waals surface area contributed by atoms with E-state index < -0.39 is 23.9 Å². The first-order valence-corrected chi connectivity index (χ1v) is 17.3. The zero-order valence-corrected chi connectivity index (χ0v) is 30.8. The molecule has 2 saturated heterocycles. The third-order valence-corrected chi connectivity index (χ3v) is 8.70. The van der Waals surface area contributed by atoms with Crippen LogP contribution in [-0.2, 0) is 48.2 Å². The van der Waals surface area contributed by atoms with Gasteiger partial charge in [0.15, 0.2) is 11.9 Å². The third kappa shape index (κ3) is 15.6. The van der Waals surface area contributed by atoms with Gasteiger partial charge in [-0.2, -0.15) is 0 Å². The van der Waals surface area contributed by atoms with Crippen LogP contribution in [0.2, 0.25) is 10.0 Å². The van der Waals surface area contributed by atoms with Gasteiger partial charge in [-0.3, -0.25) is 4.90 Å². The number of nitrogens with zero attached hydrogens (tertiary/aromatic N) is 3. The number of carboxylic acid groups (broad SMARTS) is 4. The molecule has 53 heavy (non-hydrogen) atoms. The molecule has 0 aliphatic carbocycles. The van der Waals surface area contributed by atoms with Crippen LogP contribution >= 0.6 is 23.2 Å². The average molecular weight is 781 g/mol. The van der Waals surface area contributed by atoms with Gasteiger partial charge >= 0.3 is 23.9 Å². The summed E-state index contributed by atoms with van der Waals surface area (Å²) in [6.07, 6.45) is 6.60. The predicted molar refractivity (Wildman–Crippen MR) is 194 cm³/mol. The number of ether oxygens (including phenoxy) is 3. The Balaban J connectivity index is 0.000000395. The minimum atomic E-state index is -1.26. The maximum atomic E-state index is 9.55. The highest BCUT2D eigenvalue weighted by atomic mass is 35.5. The number of halogens is 2. The number of hydrogen-bond donors (Lipinski definition) is 4. The highest BCUT2D eigenvalue weighted by Crippen LogP contribution is 2.33. The minimum Gasteiger partial charge on any atom is -0.488 e. The molecule has 5 rings (SSSR count). The largest absolute Gasteiger partial charge is 0.488 e. The van der Waals surface area contributed by atoms with E-state index in [0.717, 1.165) is 66.0 Å². The second-order valence-electron chi connectivity index (χ2n) is 12.3. The Hall–Kier alpha value is -4.51. The van der Waals surface area contributed by atoms with Crippen molar-refractivity contribution in [1.29, 1.82) is 0 Å². The van der Waals surface area contributed by atoms with E-state index >= 15 is 0 Å². The van der Waals surface area contributed by atoms with Gasteiger partial charge in [-0.15, -0.1) is 0 Å². The quantitative estimate of drug-likeness (QED) is 0.155. The van der Waals surface area contributed by atoms with Gasteiger partial charge in [-0.1, -0.05) is 34.4 Å². The van der Waals surface area contributed by atoms with E-state index in [1.54, 1.807) is 6.07 Å². The van der Waals surface area contributed by atoms with Gasteiger partial charge in [0.1, 0.15) is 12.4 Å². The Morgan fingerprint density at radius 3 is 2.00 bits per heavy atom. The summed E-state index contributed by atoms with van der Waals surface area (Å²) in [6.45, 7) is 5.59. The third-order valence-electron chi connectivity index (χ3n) is 7.96. The molecule has 288 valence electrons. The highest BCUT2D eigenvalue weighted by Gasteiger charge is 2.25. The average Bonchev–Trinajstić information content (AvgIpc) is 3.78. The normalized spacial score (nSPS) is 15.3. The Morgan fingerprint density at radius 2 is 1.47 bits per heavy atom. The van der Waals surface area contributed by atoms with Gasteiger partial charge in [-0.05, 0) is 88.6 Å². The number of fused-ring (bicyclic) bond motifs is 1. The monoisotopic (exact) mass is 779 g/mol. The first-order valence-electron chi connectivity index (χ1n) is 16.6. The summed E-state index contributed by atoms with van der Waals surface area (Å²) < 4.78 is 23.3. The van der Waals surface area contributed by atoms with E-state index in [0.29, 0.717) is 66.6 Å². The molecule has 3 heterocycles. The van der Waals surface area contributed by atoms with Crippen LogP contribution in [0.4, 0.5) is 0 Å². The number of aliphatic carboxylic acids is 4. The van der Waals surface area contributed by atoms with Crippen molar-refractivity contribution in [1.82, 2.24) is 15.0 Å². The molecule has 17 heteroatoms. The lowest BCUT2D eigenvalue weighted by atomic mass is 9.91. The molecule has 0 unspecified atom stereocenters. The van der Waals surface area contributed by atoms with Crippen molar-refractivity contribution < 1.29 is 58.3 Å². The van der Waals surface area contributed by atoms with Crippen molar-refractivity contribution in [3.05, 3.63) is 81.5 Å². The number of rotatable bonds is 14. The number of carbonyl (C=O) groups is 4. The van der Waals surface area contributed by atoms with E-state index in [1.165, 1.54) is 12.8 Å². The molecule has 4 N–H and O–H groups in total. The summed E-state index contributed by atoms with van der Waals surface area (Å²) in [5.74, 6) is -3.54. The molecule has 0 amide bonds. The number of aryl methyl sites for hydroxylation is 1. The zero-order valence-electron chi connectivity index (χ0n) is 29.3. The van der Waals surface area contributed by atoms with Crippen LogP contribution in [-0.4, -0.2) is 112 Å². The second-order valence-corrected chi connectivity index (χ2v) is 13.1. The molecule has 0 saturated carbocycles. The molecule has 0 atom stereocenters. The molecular weight excluding hydrogens is 737 g/mol. The molecule has 3 aromatic rings. The summed E-state index contributed by atoms with van der Waals surface area (Å²) in [4.78, 5) is 42.8. The summed E-state index contributed by atoms with van der Waals surface area (Å²) in [5, 5.41) is 37.9. The Bertz CT molecular complexity index is 1680. The number of piperidine rings is 1. The molecular formula is C36H43Cl2N3O12. The Labute approximate surface area is 315 Å². The fraction of sp³-hybridized carbons (Fsp3) is 0.417. The summed E-state index contributed by atoms with van der Waals surface area (Å²) in [7, 11) is 4.08. The van der Waals surface area contributed by atoms with Crippen LogP contribution < -0.4 is 4.74 Å². The fourth-order valence-electron chi connectivity index (χ4n) is 5.47. The van der Waals surface area contributed by atoms with Gasteiger partial charge in [0.05, 0.1) is 34.5 Å². The summed E-state index contributed by atoms with van der Waals surface area (Å²) >= 11 is 12.2. The maximum absolute atomic E-state index is 9.55. The first kappa shape index (κ1) is 42.9. The molecule has 2 aliphatic rings. The van der Waals surface area contributed by atoms with E-state index in [-0.39, 0.29) is 6.29 Å². The van der Waals surface area contributed by atoms with Crippen molar-refractivity contribution >= 4 is 58.0 Å². The number of carboxylic acids is 4. The zero-order chi connectivity index (χ0) is 38.9. The fourth-order valence-corrected chi connectivity index (χ4v) is 5.79. The van der Waals surface area contributed by atoms with Crippen molar-refractivity contribution in [2.75, 3.05) is 46.9 Å². The van der Waals surface area contributed by atoms with Crippen LogP contribution in [0, 0.1) is 5.92 Å². The van der Waals surface area contributed by atoms with E-state index in [1.807, 2.05) is 32.3 Å². The molecule has 0 bridgehead atoms. The van der Waals surface area contributed by atoms with Gasteiger partial charge in [0.25, 0.3) is 0 Å². The van der Waals surface area contributed by atoms with E-state index in [2.05, 4.69) is 21.0 Å². The van der Waals surface area contributed by atoms with Crippen molar-refractivity contribution in [2.45, 2.75) is 45.1 Å². The molecule has 2 aromatic carbocycles.